The van der Waals surface area contributed by atoms with Gasteiger partial charge in [-0.25, -0.2) is 4.79 Å². The van der Waals surface area contributed by atoms with Gasteiger partial charge in [0, 0.05) is 5.92 Å². The number of hydrogen-bond donors (Lipinski definition) is 1. The fraction of sp³-hybridized carbons (Fsp3) is 0.786. The number of ether oxygens (including phenoxy) is 1. The van der Waals surface area contributed by atoms with Gasteiger partial charge in [0.2, 0.25) is 5.89 Å². The maximum Gasteiger partial charge on any atom is 0.408 e. The summed E-state index contributed by atoms with van der Waals surface area (Å²) in [5, 5.41) is 6.67. The van der Waals surface area contributed by atoms with Crippen LogP contribution in [0.4, 0.5) is 4.79 Å². The first kappa shape index (κ1) is 16.1. The third kappa shape index (κ3) is 5.57. The molecule has 1 aliphatic rings. The lowest BCUT2D eigenvalue weighted by molar-refractivity contribution is 0.0518. The van der Waals surface area contributed by atoms with Gasteiger partial charge < -0.3 is 14.6 Å². The molecule has 6 nitrogen and oxygen atoms in total. The molecule has 1 aliphatic heterocycles. The lowest BCUT2D eigenvalue weighted by Crippen LogP contribution is -2.32. The van der Waals surface area contributed by atoms with Gasteiger partial charge in [-0.3, -0.25) is 0 Å². The van der Waals surface area contributed by atoms with E-state index in [4.69, 9.17) is 9.26 Å². The van der Waals surface area contributed by atoms with Crippen LogP contribution in [0.2, 0.25) is 0 Å². The van der Waals surface area contributed by atoms with Crippen molar-refractivity contribution in [2.75, 3.05) is 11.5 Å². The smallest absolute Gasteiger partial charge is 0.408 e. The number of aromatic nitrogens is 2. The Balaban J connectivity index is 1.84. The van der Waals surface area contributed by atoms with Crippen LogP contribution in [0.25, 0.3) is 0 Å². The van der Waals surface area contributed by atoms with Crippen molar-refractivity contribution in [3.63, 3.8) is 0 Å². The quantitative estimate of drug-likeness (QED) is 0.924. The molecule has 2 heterocycles. The van der Waals surface area contributed by atoms with Crippen LogP contribution in [0.5, 0.6) is 0 Å². The zero-order valence-electron chi connectivity index (χ0n) is 12.8. The Morgan fingerprint density at radius 1 is 1.43 bits per heavy atom. The summed E-state index contributed by atoms with van der Waals surface area (Å²) in [5.74, 6) is 3.91. The predicted molar refractivity (Wildman–Crippen MR) is 81.3 cm³/mol. The Labute approximate surface area is 129 Å². The fourth-order valence-corrected chi connectivity index (χ4v) is 3.16. The van der Waals surface area contributed by atoms with Gasteiger partial charge >= 0.3 is 6.09 Å². The molecule has 1 aromatic rings. The van der Waals surface area contributed by atoms with E-state index in [0.717, 1.165) is 24.4 Å². The summed E-state index contributed by atoms with van der Waals surface area (Å²) >= 11 is 1.98. The number of nitrogens with one attached hydrogen (secondary N) is 1. The molecule has 1 amide bonds. The lowest BCUT2D eigenvalue weighted by Gasteiger charge is -2.19. The zero-order valence-corrected chi connectivity index (χ0v) is 13.7. The standard InChI is InChI=1S/C14H23N3O3S/c1-14(2,3)19-13(18)15-9-11-16-12(17-20-11)10-5-4-7-21-8-6-10/h10H,4-9H2,1-3H3,(H,15,18)/t10-/m0/s1. The van der Waals surface area contributed by atoms with E-state index in [9.17, 15) is 4.79 Å². The Kier molecular flexibility index (Phi) is 5.50. The molecule has 2 rings (SSSR count). The largest absolute Gasteiger partial charge is 0.444 e. The topological polar surface area (TPSA) is 77.2 Å². The molecule has 1 fully saturated rings. The SMILES string of the molecule is CC(C)(C)OC(=O)NCc1nc([C@H]2CCCSCC2)no1. The molecular weight excluding hydrogens is 290 g/mol. The molecule has 21 heavy (non-hydrogen) atoms. The maximum atomic E-state index is 11.6. The first-order valence-corrected chi connectivity index (χ1v) is 8.46. The van der Waals surface area contributed by atoms with Gasteiger partial charge in [-0.1, -0.05) is 5.16 Å². The average molecular weight is 313 g/mol. The second-order valence-corrected chi connectivity index (χ2v) is 7.37. The third-order valence-electron chi connectivity index (χ3n) is 3.08. The lowest BCUT2D eigenvalue weighted by atomic mass is 10.0. The summed E-state index contributed by atoms with van der Waals surface area (Å²) < 4.78 is 10.4. The first-order valence-electron chi connectivity index (χ1n) is 7.31. The van der Waals surface area contributed by atoms with E-state index in [2.05, 4.69) is 15.5 Å². The Hall–Kier alpha value is -1.24. The summed E-state index contributed by atoms with van der Waals surface area (Å²) in [7, 11) is 0. The van der Waals surface area contributed by atoms with Crippen LogP contribution in [0.15, 0.2) is 4.52 Å². The van der Waals surface area contributed by atoms with Crippen molar-refractivity contribution in [3.05, 3.63) is 11.7 Å². The molecule has 1 atom stereocenters. The van der Waals surface area contributed by atoms with Crippen molar-refractivity contribution in [1.82, 2.24) is 15.5 Å². The van der Waals surface area contributed by atoms with E-state index in [1.54, 1.807) is 0 Å². The van der Waals surface area contributed by atoms with Crippen LogP contribution in [0.1, 0.15) is 57.7 Å². The fourth-order valence-electron chi connectivity index (χ4n) is 2.13. The molecule has 0 aliphatic carbocycles. The second-order valence-electron chi connectivity index (χ2n) is 6.14. The van der Waals surface area contributed by atoms with Crippen molar-refractivity contribution < 1.29 is 14.1 Å². The number of nitrogens with zero attached hydrogens (tertiary/aromatic N) is 2. The van der Waals surface area contributed by atoms with Crippen molar-refractivity contribution in [3.8, 4) is 0 Å². The summed E-state index contributed by atoms with van der Waals surface area (Å²) in [4.78, 5) is 15.9. The number of thioether (sulfide) groups is 1. The molecule has 0 saturated carbocycles. The number of alkyl carbamates (subject to hydrolysis) is 1. The molecule has 1 N–H and O–H groups in total. The van der Waals surface area contributed by atoms with Crippen LogP contribution in [0, 0.1) is 0 Å². The van der Waals surface area contributed by atoms with E-state index in [1.165, 1.54) is 12.2 Å². The normalized spacial score (nSPS) is 19.9. The van der Waals surface area contributed by atoms with Crippen molar-refractivity contribution in [1.29, 1.82) is 0 Å². The monoisotopic (exact) mass is 313 g/mol. The first-order chi connectivity index (χ1) is 9.94. The number of amides is 1. The van der Waals surface area contributed by atoms with Gasteiger partial charge in [0.25, 0.3) is 0 Å². The molecule has 0 radical (unpaired) electrons. The number of carbonyl (C=O) groups excluding carboxylic acids is 1. The van der Waals surface area contributed by atoms with Crippen LogP contribution in [-0.4, -0.2) is 33.3 Å². The predicted octanol–water partition coefficient (Wildman–Crippen LogP) is 3.10. The van der Waals surface area contributed by atoms with Gasteiger partial charge in [0.15, 0.2) is 5.82 Å². The molecule has 0 aromatic carbocycles. The molecule has 118 valence electrons. The number of rotatable bonds is 3. The summed E-state index contributed by atoms with van der Waals surface area (Å²) in [6.45, 7) is 5.66. The Morgan fingerprint density at radius 3 is 3.00 bits per heavy atom. The van der Waals surface area contributed by atoms with E-state index in [0.29, 0.717) is 11.8 Å². The highest BCUT2D eigenvalue weighted by atomic mass is 32.2. The van der Waals surface area contributed by atoms with Crippen molar-refractivity contribution in [2.24, 2.45) is 0 Å². The van der Waals surface area contributed by atoms with Gasteiger partial charge in [0.05, 0.1) is 0 Å². The van der Waals surface area contributed by atoms with Gasteiger partial charge in [0.1, 0.15) is 12.1 Å². The molecule has 0 unspecified atom stereocenters. The molecule has 1 aromatic heterocycles. The molecular formula is C14H23N3O3S. The minimum Gasteiger partial charge on any atom is -0.444 e. The van der Waals surface area contributed by atoms with Crippen molar-refractivity contribution >= 4 is 17.9 Å². The van der Waals surface area contributed by atoms with Crippen LogP contribution in [0.3, 0.4) is 0 Å². The highest BCUT2D eigenvalue weighted by Crippen LogP contribution is 2.28. The summed E-state index contributed by atoms with van der Waals surface area (Å²) in [5.41, 5.74) is -0.512. The Bertz CT molecular complexity index is 462. The van der Waals surface area contributed by atoms with Crippen LogP contribution < -0.4 is 5.32 Å². The average Bonchev–Trinajstić information content (AvgIpc) is 2.68. The van der Waals surface area contributed by atoms with Gasteiger partial charge in [-0.05, 0) is 51.5 Å². The van der Waals surface area contributed by atoms with Crippen molar-refractivity contribution in [2.45, 2.75) is 58.1 Å². The van der Waals surface area contributed by atoms with Crippen LogP contribution >= 0.6 is 11.8 Å². The Morgan fingerprint density at radius 2 is 2.24 bits per heavy atom. The van der Waals surface area contributed by atoms with E-state index >= 15 is 0 Å². The highest BCUT2D eigenvalue weighted by molar-refractivity contribution is 7.99. The van der Waals surface area contributed by atoms with E-state index in [-0.39, 0.29) is 6.54 Å². The molecule has 0 bridgehead atoms. The van der Waals surface area contributed by atoms with E-state index < -0.39 is 11.7 Å². The third-order valence-corrected chi connectivity index (χ3v) is 4.19. The zero-order chi connectivity index (χ0) is 15.3. The summed E-state index contributed by atoms with van der Waals surface area (Å²) in [6.07, 6.45) is 2.90. The maximum absolute atomic E-state index is 11.6. The minimum atomic E-state index is -0.512. The molecule has 1 saturated heterocycles. The summed E-state index contributed by atoms with van der Waals surface area (Å²) in [6, 6.07) is 0. The van der Waals surface area contributed by atoms with Gasteiger partial charge in [-0.2, -0.15) is 16.7 Å². The minimum absolute atomic E-state index is 0.198. The second kappa shape index (κ2) is 7.15. The van der Waals surface area contributed by atoms with Gasteiger partial charge in [-0.15, -0.1) is 0 Å². The van der Waals surface area contributed by atoms with Crippen LogP contribution in [-0.2, 0) is 11.3 Å². The number of carbonyl (C=O) groups is 1. The highest BCUT2D eigenvalue weighted by Gasteiger charge is 2.21. The molecule has 7 heteroatoms. The van der Waals surface area contributed by atoms with E-state index in [1.807, 2.05) is 32.5 Å². The molecule has 0 spiro atoms. The number of hydrogen-bond acceptors (Lipinski definition) is 6.